The number of allylic oxidation sites excluding steroid dienone is 2. The maximum atomic E-state index is 11.8. The van der Waals surface area contributed by atoms with Crippen molar-refractivity contribution in [1.82, 2.24) is 0 Å². The molecule has 2 unspecified atom stereocenters. The number of rotatable bonds is 16. The Balaban J connectivity index is 0.000000399. The molecule has 2 aliphatic heterocycles. The molecule has 0 radical (unpaired) electrons. The molecule has 0 amide bonds. The van der Waals surface area contributed by atoms with Gasteiger partial charge in [-0.05, 0) is 65.2 Å². The van der Waals surface area contributed by atoms with Gasteiger partial charge in [-0.3, -0.25) is 9.59 Å². The summed E-state index contributed by atoms with van der Waals surface area (Å²) in [6.45, 7) is 6.38. The maximum absolute atomic E-state index is 11.8. The normalized spacial score (nSPS) is 20.1. The molecule has 0 bridgehead atoms. The second kappa shape index (κ2) is 23.1. The molecule has 0 aromatic rings. The number of aliphatic hydroxyl groups is 2. The molecule has 38 heavy (non-hydrogen) atoms. The van der Waals surface area contributed by atoms with E-state index in [0.29, 0.717) is 19.6 Å². The summed E-state index contributed by atoms with van der Waals surface area (Å²) in [6, 6.07) is 0. The Hall–Kier alpha value is -1.82. The molecule has 0 saturated carbocycles. The fraction of sp³-hybridized carbons (Fsp3) is 0.786. The van der Waals surface area contributed by atoms with Crippen LogP contribution in [0.25, 0.3) is 0 Å². The van der Waals surface area contributed by atoms with E-state index in [2.05, 4.69) is 0 Å². The summed E-state index contributed by atoms with van der Waals surface area (Å²) >= 11 is 0. The van der Waals surface area contributed by atoms with Gasteiger partial charge in [-0.2, -0.15) is 0 Å². The number of aliphatic hydroxyl groups excluding tert-OH is 2. The van der Waals surface area contributed by atoms with Crippen LogP contribution in [0, 0.1) is 11.8 Å². The summed E-state index contributed by atoms with van der Waals surface area (Å²) in [4.78, 5) is 23.5. The summed E-state index contributed by atoms with van der Waals surface area (Å²) in [7, 11) is 0. The van der Waals surface area contributed by atoms with Crippen molar-refractivity contribution >= 4 is 11.9 Å². The van der Waals surface area contributed by atoms with Crippen molar-refractivity contribution in [2.24, 2.45) is 11.8 Å². The maximum Gasteiger partial charge on any atom is 0.320 e. The minimum absolute atomic E-state index is 0.0213. The van der Waals surface area contributed by atoms with E-state index < -0.39 is 17.9 Å². The molecule has 0 aromatic carbocycles. The molecule has 2 aliphatic rings. The summed E-state index contributed by atoms with van der Waals surface area (Å²) in [5, 5.41) is 17.7. The fourth-order valence-electron chi connectivity index (χ4n) is 3.65. The zero-order valence-corrected chi connectivity index (χ0v) is 23.1. The Morgan fingerprint density at radius 2 is 1.24 bits per heavy atom. The van der Waals surface area contributed by atoms with Gasteiger partial charge in [-0.25, -0.2) is 0 Å². The number of carbonyl (C=O) groups is 2. The van der Waals surface area contributed by atoms with Crippen molar-refractivity contribution in [2.75, 3.05) is 52.9 Å². The second-order valence-electron chi connectivity index (χ2n) is 8.96. The van der Waals surface area contributed by atoms with Gasteiger partial charge >= 0.3 is 11.9 Å². The number of hydrogen-bond acceptors (Lipinski definition) is 10. The summed E-state index contributed by atoms with van der Waals surface area (Å²) in [6.07, 6.45) is 14.5. The minimum Gasteiger partial charge on any atom is -0.465 e. The number of carbonyl (C=O) groups excluding carboxylic acids is 2. The highest BCUT2D eigenvalue weighted by Crippen LogP contribution is 2.15. The smallest absolute Gasteiger partial charge is 0.320 e. The number of esters is 2. The van der Waals surface area contributed by atoms with E-state index in [-0.39, 0.29) is 51.3 Å². The Labute approximate surface area is 227 Å². The van der Waals surface area contributed by atoms with E-state index in [1.54, 1.807) is 26.0 Å². The van der Waals surface area contributed by atoms with Gasteiger partial charge in [-0.1, -0.05) is 24.3 Å². The van der Waals surface area contributed by atoms with Crippen molar-refractivity contribution in [3.8, 4) is 0 Å². The van der Waals surface area contributed by atoms with Gasteiger partial charge in [0.25, 0.3) is 0 Å². The molecule has 2 rings (SSSR count). The highest BCUT2D eigenvalue weighted by Gasteiger charge is 2.28. The van der Waals surface area contributed by atoms with E-state index in [1.165, 1.54) is 6.42 Å². The summed E-state index contributed by atoms with van der Waals surface area (Å²) < 4.78 is 31.7. The monoisotopic (exact) mass is 544 g/mol. The Kier molecular flexibility index (Phi) is 20.8. The third-order valence-electron chi connectivity index (χ3n) is 5.87. The molecule has 10 heteroatoms. The lowest BCUT2D eigenvalue weighted by molar-refractivity contribution is -0.161. The molecule has 2 fully saturated rings. The van der Waals surface area contributed by atoms with Gasteiger partial charge < -0.3 is 38.6 Å². The van der Waals surface area contributed by atoms with Gasteiger partial charge in [0.15, 0.2) is 18.5 Å². The molecular formula is C28H48O10. The van der Waals surface area contributed by atoms with Gasteiger partial charge in [-0.15, -0.1) is 0 Å². The van der Waals surface area contributed by atoms with Crippen LogP contribution >= 0.6 is 0 Å². The topological polar surface area (TPSA) is 130 Å². The average molecular weight is 545 g/mol. The van der Waals surface area contributed by atoms with E-state index in [9.17, 15) is 9.59 Å². The lowest BCUT2D eigenvalue weighted by Crippen LogP contribution is -2.27. The second-order valence-corrected chi connectivity index (χ2v) is 8.96. The van der Waals surface area contributed by atoms with E-state index in [4.69, 9.17) is 38.6 Å². The SMILES string of the molecule is CCOC(=O)C(C/C=C\COC1CCCCO1)C(=O)OCC.OCC(CO)C/C=C\COC1CCCCO1. The lowest BCUT2D eigenvalue weighted by atomic mass is 10.1. The highest BCUT2D eigenvalue weighted by atomic mass is 16.7. The van der Waals surface area contributed by atoms with Gasteiger partial charge in [0.1, 0.15) is 0 Å². The number of hydrogen-bond donors (Lipinski definition) is 2. The molecule has 10 nitrogen and oxygen atoms in total. The van der Waals surface area contributed by atoms with E-state index in [1.807, 2.05) is 12.2 Å². The lowest BCUT2D eigenvalue weighted by Gasteiger charge is -2.21. The molecule has 0 spiro atoms. The molecular weight excluding hydrogens is 496 g/mol. The first-order valence-corrected chi connectivity index (χ1v) is 13.9. The Bertz CT molecular complexity index is 632. The molecule has 2 heterocycles. The first kappa shape index (κ1) is 34.2. The number of ether oxygens (including phenoxy) is 6. The van der Waals surface area contributed by atoms with Crippen LogP contribution in [-0.2, 0) is 38.0 Å². The first-order chi connectivity index (χ1) is 18.5. The van der Waals surface area contributed by atoms with Crippen LogP contribution in [0.4, 0.5) is 0 Å². The fourth-order valence-corrected chi connectivity index (χ4v) is 3.65. The quantitative estimate of drug-likeness (QED) is 0.170. The predicted molar refractivity (Wildman–Crippen MR) is 141 cm³/mol. The average Bonchev–Trinajstić information content (AvgIpc) is 2.94. The van der Waals surface area contributed by atoms with E-state index >= 15 is 0 Å². The first-order valence-electron chi connectivity index (χ1n) is 13.9. The van der Waals surface area contributed by atoms with E-state index in [0.717, 1.165) is 45.3 Å². The van der Waals surface area contributed by atoms with Crippen molar-refractivity contribution in [2.45, 2.75) is 77.8 Å². The largest absolute Gasteiger partial charge is 0.465 e. The van der Waals surface area contributed by atoms with Gasteiger partial charge in [0, 0.05) is 32.3 Å². The summed E-state index contributed by atoms with van der Waals surface area (Å²) in [5.74, 6) is -2.08. The highest BCUT2D eigenvalue weighted by molar-refractivity contribution is 5.95. The predicted octanol–water partition coefficient (Wildman–Crippen LogP) is 3.30. The minimum atomic E-state index is -0.915. The van der Waals surface area contributed by atoms with Crippen molar-refractivity contribution < 1.29 is 48.2 Å². The van der Waals surface area contributed by atoms with Crippen LogP contribution in [0.15, 0.2) is 24.3 Å². The van der Waals surface area contributed by atoms with Crippen LogP contribution in [0.2, 0.25) is 0 Å². The molecule has 220 valence electrons. The molecule has 2 atom stereocenters. The third kappa shape index (κ3) is 16.2. The van der Waals surface area contributed by atoms with Crippen LogP contribution in [0.1, 0.15) is 65.2 Å². The van der Waals surface area contributed by atoms with Gasteiger partial charge in [0.05, 0.1) is 26.4 Å². The molecule has 2 N–H and O–H groups in total. The van der Waals surface area contributed by atoms with Crippen LogP contribution in [-0.4, -0.2) is 87.6 Å². The molecule has 0 aliphatic carbocycles. The Morgan fingerprint density at radius 3 is 1.63 bits per heavy atom. The van der Waals surface area contributed by atoms with Crippen molar-refractivity contribution in [3.63, 3.8) is 0 Å². The van der Waals surface area contributed by atoms with Crippen LogP contribution in [0.5, 0.6) is 0 Å². The van der Waals surface area contributed by atoms with Crippen LogP contribution < -0.4 is 0 Å². The van der Waals surface area contributed by atoms with Crippen molar-refractivity contribution in [3.05, 3.63) is 24.3 Å². The zero-order valence-electron chi connectivity index (χ0n) is 23.1. The standard InChI is InChI=1S/C16H26O6.C12H22O4/c1-3-19-15(17)13(16(18)20-4-2)9-5-7-11-21-14-10-6-8-12-22-14;13-9-11(10-14)5-1-3-7-15-12-6-2-4-8-16-12/h5,7,13-14H,3-4,6,8-12H2,1-2H3;1,3,11-14H,2,4-10H2/b7-5-;3-1-. The zero-order chi connectivity index (χ0) is 27.8. The summed E-state index contributed by atoms with van der Waals surface area (Å²) in [5.41, 5.74) is 0. The molecule has 0 aromatic heterocycles. The molecule has 2 saturated heterocycles. The Morgan fingerprint density at radius 1 is 0.763 bits per heavy atom. The van der Waals surface area contributed by atoms with Crippen LogP contribution in [0.3, 0.4) is 0 Å². The van der Waals surface area contributed by atoms with Crippen molar-refractivity contribution in [1.29, 1.82) is 0 Å². The third-order valence-corrected chi connectivity index (χ3v) is 5.87. The van der Waals surface area contributed by atoms with Gasteiger partial charge in [0.2, 0.25) is 0 Å².